The molecule has 1 aromatic rings. The lowest BCUT2D eigenvalue weighted by atomic mass is 10.1. The molecule has 134 valence electrons. The Morgan fingerprint density at radius 3 is 2.67 bits per heavy atom. The first-order valence-electron chi connectivity index (χ1n) is 8.41. The molecule has 1 aliphatic carbocycles. The third kappa shape index (κ3) is 6.09. The van der Waals surface area contributed by atoms with Gasteiger partial charge in [-0.1, -0.05) is 12.1 Å². The van der Waals surface area contributed by atoms with Crippen LogP contribution in [0.25, 0.3) is 0 Å². The molecule has 1 unspecified atom stereocenters. The van der Waals surface area contributed by atoms with E-state index in [1.807, 2.05) is 11.9 Å². The smallest absolute Gasteiger partial charge is 0.193 e. The number of methoxy groups -OCH3 is 1. The van der Waals surface area contributed by atoms with E-state index in [1.54, 1.807) is 26.3 Å². The number of benzene rings is 1. The molecule has 0 spiro atoms. The minimum Gasteiger partial charge on any atom is -0.379 e. The van der Waals surface area contributed by atoms with Gasteiger partial charge in [-0.25, -0.2) is 4.39 Å². The molecule has 0 radical (unpaired) electrons. The molecule has 0 aromatic heterocycles. The van der Waals surface area contributed by atoms with Gasteiger partial charge in [0.2, 0.25) is 0 Å². The molecule has 0 saturated heterocycles. The Bertz CT molecular complexity index is 518. The Morgan fingerprint density at radius 1 is 1.38 bits per heavy atom. The second-order valence-electron chi connectivity index (χ2n) is 6.14. The summed E-state index contributed by atoms with van der Waals surface area (Å²) in [5, 5.41) is 3.30. The zero-order valence-corrected chi connectivity index (χ0v) is 14.8. The van der Waals surface area contributed by atoms with Crippen molar-refractivity contribution < 1.29 is 13.9 Å². The van der Waals surface area contributed by atoms with Crippen LogP contribution in [0.4, 0.5) is 4.39 Å². The summed E-state index contributed by atoms with van der Waals surface area (Å²) in [6.45, 7) is 2.90. The second-order valence-corrected chi connectivity index (χ2v) is 6.14. The van der Waals surface area contributed by atoms with Crippen molar-refractivity contribution in [1.29, 1.82) is 0 Å². The number of rotatable bonds is 9. The van der Waals surface area contributed by atoms with Gasteiger partial charge < -0.3 is 19.7 Å². The maximum atomic E-state index is 13.0. The lowest BCUT2D eigenvalue weighted by Gasteiger charge is -2.24. The minimum absolute atomic E-state index is 0.165. The summed E-state index contributed by atoms with van der Waals surface area (Å²) < 4.78 is 24.2. The van der Waals surface area contributed by atoms with Gasteiger partial charge in [-0.2, -0.15) is 0 Å². The summed E-state index contributed by atoms with van der Waals surface area (Å²) in [7, 11) is 5.38. The number of nitrogens with zero attached hydrogens (tertiary/aromatic N) is 2. The number of hydrogen-bond donors (Lipinski definition) is 1. The summed E-state index contributed by atoms with van der Waals surface area (Å²) in [5.74, 6) is 1.32. The van der Waals surface area contributed by atoms with E-state index in [1.165, 1.54) is 25.0 Å². The predicted molar refractivity (Wildman–Crippen MR) is 93.7 cm³/mol. The first-order valence-corrected chi connectivity index (χ1v) is 8.41. The summed E-state index contributed by atoms with van der Waals surface area (Å²) in [5.41, 5.74) is 0.928. The third-order valence-corrected chi connectivity index (χ3v) is 4.17. The Labute approximate surface area is 143 Å². The fraction of sp³-hybridized carbons (Fsp3) is 0.611. The molecule has 1 aromatic carbocycles. The normalized spacial score (nSPS) is 16.1. The summed E-state index contributed by atoms with van der Waals surface area (Å²) in [6, 6.07) is 6.37. The quantitative estimate of drug-likeness (QED) is 0.427. The molecule has 2 rings (SSSR count). The van der Waals surface area contributed by atoms with Crippen LogP contribution in [0.2, 0.25) is 0 Å². The maximum absolute atomic E-state index is 13.0. The SMILES string of the molecule is CN=C(NCC(OC)c1ccc(F)cc1)N(C)CCOCC1CC1. The Hall–Kier alpha value is -1.66. The lowest BCUT2D eigenvalue weighted by Crippen LogP contribution is -2.42. The van der Waals surface area contributed by atoms with Crippen LogP contribution in [0.5, 0.6) is 0 Å². The molecule has 6 heteroatoms. The zero-order valence-electron chi connectivity index (χ0n) is 14.8. The summed E-state index contributed by atoms with van der Waals surface area (Å²) in [6.07, 6.45) is 2.45. The molecular formula is C18H28FN3O2. The first kappa shape index (κ1) is 18.7. The molecule has 5 nitrogen and oxygen atoms in total. The number of nitrogens with one attached hydrogen (secondary N) is 1. The van der Waals surface area contributed by atoms with Crippen molar-refractivity contribution in [1.82, 2.24) is 10.2 Å². The van der Waals surface area contributed by atoms with Crippen LogP contribution in [0.15, 0.2) is 29.3 Å². The summed E-state index contributed by atoms with van der Waals surface area (Å²) in [4.78, 5) is 6.32. The van der Waals surface area contributed by atoms with E-state index in [9.17, 15) is 4.39 Å². The monoisotopic (exact) mass is 337 g/mol. The molecule has 1 N–H and O–H groups in total. The Balaban J connectivity index is 1.76. The van der Waals surface area contributed by atoms with Gasteiger partial charge in [0, 0.05) is 40.9 Å². The Kier molecular flexibility index (Phi) is 7.46. The van der Waals surface area contributed by atoms with E-state index in [0.29, 0.717) is 13.2 Å². The number of aliphatic imine (C=N–C) groups is 1. The number of ether oxygens (including phenoxy) is 2. The Morgan fingerprint density at radius 2 is 2.08 bits per heavy atom. The molecule has 1 aliphatic rings. The average molecular weight is 337 g/mol. The van der Waals surface area contributed by atoms with E-state index in [-0.39, 0.29) is 11.9 Å². The highest BCUT2D eigenvalue weighted by atomic mass is 19.1. The van der Waals surface area contributed by atoms with Crippen molar-refractivity contribution in [3.8, 4) is 0 Å². The molecule has 0 aliphatic heterocycles. The van der Waals surface area contributed by atoms with Crippen molar-refractivity contribution in [2.45, 2.75) is 18.9 Å². The lowest BCUT2D eigenvalue weighted by molar-refractivity contribution is 0.104. The third-order valence-electron chi connectivity index (χ3n) is 4.17. The van der Waals surface area contributed by atoms with Crippen LogP contribution < -0.4 is 5.32 Å². The maximum Gasteiger partial charge on any atom is 0.193 e. The van der Waals surface area contributed by atoms with Crippen LogP contribution in [0.3, 0.4) is 0 Å². The van der Waals surface area contributed by atoms with Gasteiger partial charge in [0.05, 0.1) is 12.7 Å². The first-order chi connectivity index (χ1) is 11.6. The van der Waals surface area contributed by atoms with Gasteiger partial charge >= 0.3 is 0 Å². The van der Waals surface area contributed by atoms with Crippen molar-refractivity contribution in [2.75, 3.05) is 47.5 Å². The van der Waals surface area contributed by atoms with Crippen molar-refractivity contribution in [2.24, 2.45) is 10.9 Å². The predicted octanol–water partition coefficient (Wildman–Crippen LogP) is 2.45. The van der Waals surface area contributed by atoms with Crippen molar-refractivity contribution in [3.05, 3.63) is 35.6 Å². The van der Waals surface area contributed by atoms with Crippen LogP contribution >= 0.6 is 0 Å². The largest absolute Gasteiger partial charge is 0.379 e. The van der Waals surface area contributed by atoms with Crippen LogP contribution in [-0.2, 0) is 9.47 Å². The minimum atomic E-state index is -0.247. The molecule has 1 fully saturated rings. The number of likely N-dealkylation sites (N-methyl/N-ethyl adjacent to an activating group) is 1. The highest BCUT2D eigenvalue weighted by Gasteiger charge is 2.21. The van der Waals surface area contributed by atoms with Crippen LogP contribution in [0.1, 0.15) is 24.5 Å². The van der Waals surface area contributed by atoms with Crippen LogP contribution in [0, 0.1) is 11.7 Å². The molecular weight excluding hydrogens is 309 g/mol. The second kappa shape index (κ2) is 9.59. The van der Waals surface area contributed by atoms with E-state index in [2.05, 4.69) is 10.3 Å². The topological polar surface area (TPSA) is 46.1 Å². The van der Waals surface area contributed by atoms with Crippen LogP contribution in [-0.4, -0.2) is 58.4 Å². The molecule has 1 atom stereocenters. The fourth-order valence-corrected chi connectivity index (χ4v) is 2.43. The van der Waals surface area contributed by atoms with Gasteiger partial charge in [-0.05, 0) is 36.5 Å². The van der Waals surface area contributed by atoms with E-state index >= 15 is 0 Å². The van der Waals surface area contributed by atoms with E-state index in [4.69, 9.17) is 9.47 Å². The molecule has 1 saturated carbocycles. The highest BCUT2D eigenvalue weighted by Crippen LogP contribution is 2.28. The van der Waals surface area contributed by atoms with Gasteiger partial charge in [0.25, 0.3) is 0 Å². The van der Waals surface area contributed by atoms with Crippen molar-refractivity contribution in [3.63, 3.8) is 0 Å². The molecule has 0 heterocycles. The van der Waals surface area contributed by atoms with E-state index in [0.717, 1.165) is 30.6 Å². The standard InChI is InChI=1S/C18H28FN3O2/c1-20-18(22(2)10-11-24-13-14-4-5-14)21-12-17(23-3)15-6-8-16(19)9-7-15/h6-9,14,17H,4-5,10-13H2,1-3H3,(H,20,21). The van der Waals surface area contributed by atoms with Gasteiger partial charge in [0.15, 0.2) is 5.96 Å². The number of hydrogen-bond acceptors (Lipinski definition) is 3. The van der Waals surface area contributed by atoms with E-state index < -0.39 is 0 Å². The highest BCUT2D eigenvalue weighted by molar-refractivity contribution is 5.79. The van der Waals surface area contributed by atoms with Crippen molar-refractivity contribution >= 4 is 5.96 Å². The number of guanidine groups is 1. The number of halogens is 1. The molecule has 0 bridgehead atoms. The average Bonchev–Trinajstić information content (AvgIpc) is 3.41. The van der Waals surface area contributed by atoms with Gasteiger partial charge in [-0.3, -0.25) is 4.99 Å². The van der Waals surface area contributed by atoms with Gasteiger partial charge in [0.1, 0.15) is 5.82 Å². The zero-order chi connectivity index (χ0) is 17.4. The fourth-order valence-electron chi connectivity index (χ4n) is 2.43. The molecule has 0 amide bonds. The summed E-state index contributed by atoms with van der Waals surface area (Å²) >= 11 is 0. The van der Waals surface area contributed by atoms with Gasteiger partial charge in [-0.15, -0.1) is 0 Å². The molecule has 24 heavy (non-hydrogen) atoms.